The van der Waals surface area contributed by atoms with E-state index in [1.54, 1.807) is 11.8 Å². The van der Waals surface area contributed by atoms with Gasteiger partial charge in [-0.25, -0.2) is 0 Å². The van der Waals surface area contributed by atoms with E-state index in [4.69, 9.17) is 0 Å². The van der Waals surface area contributed by atoms with Crippen LogP contribution in [0.4, 0.5) is 0 Å². The molecule has 0 unspecified atom stereocenters. The summed E-state index contributed by atoms with van der Waals surface area (Å²) in [5, 5.41) is 20.0. The fourth-order valence-corrected chi connectivity index (χ4v) is 4.25. The summed E-state index contributed by atoms with van der Waals surface area (Å²) in [5.74, 6) is 0.182. The molecule has 1 saturated carbocycles. The van der Waals surface area contributed by atoms with Gasteiger partial charge in [0.25, 0.3) is 0 Å². The number of carbonyl (C=O) groups is 1. The first-order valence-electron chi connectivity index (χ1n) is 5.90. The van der Waals surface area contributed by atoms with E-state index >= 15 is 0 Å². The van der Waals surface area contributed by atoms with E-state index in [0.29, 0.717) is 0 Å². The lowest BCUT2D eigenvalue weighted by Gasteiger charge is -2.21. The van der Waals surface area contributed by atoms with Crippen molar-refractivity contribution in [3.63, 3.8) is 0 Å². The molecular formula is C11H14N4OS3. The lowest BCUT2D eigenvalue weighted by Crippen LogP contribution is -2.45. The Morgan fingerprint density at radius 1 is 1.47 bits per heavy atom. The van der Waals surface area contributed by atoms with Crippen molar-refractivity contribution < 1.29 is 4.79 Å². The van der Waals surface area contributed by atoms with E-state index in [9.17, 15) is 10.1 Å². The summed E-state index contributed by atoms with van der Waals surface area (Å²) in [5.41, 5.74) is -0.636. The number of nitrogens with one attached hydrogen (secondary N) is 1. The minimum Gasteiger partial charge on any atom is -0.337 e. The summed E-state index contributed by atoms with van der Waals surface area (Å²) in [6, 6.07) is 2.25. The molecule has 1 heterocycles. The second-order valence-corrected chi connectivity index (χ2v) is 7.53. The van der Waals surface area contributed by atoms with Crippen molar-refractivity contribution in [2.45, 2.75) is 39.9 Å². The van der Waals surface area contributed by atoms with Gasteiger partial charge in [-0.05, 0) is 31.9 Å². The Morgan fingerprint density at radius 3 is 2.74 bits per heavy atom. The van der Waals surface area contributed by atoms with Crippen molar-refractivity contribution >= 4 is 40.8 Å². The second kappa shape index (κ2) is 6.59. The van der Waals surface area contributed by atoms with E-state index in [2.05, 4.69) is 21.6 Å². The zero-order valence-corrected chi connectivity index (χ0v) is 13.0. The number of hydrogen-bond acceptors (Lipinski definition) is 7. The first kappa shape index (κ1) is 14.6. The van der Waals surface area contributed by atoms with Gasteiger partial charge in [-0.1, -0.05) is 34.9 Å². The van der Waals surface area contributed by atoms with Gasteiger partial charge in [0.2, 0.25) is 5.91 Å². The van der Waals surface area contributed by atoms with Crippen LogP contribution < -0.4 is 5.32 Å². The molecule has 1 N–H and O–H groups in total. The SMILES string of the molecule is CSc1nnc(SCC(=O)NC2(C#N)CCCC2)s1. The molecule has 102 valence electrons. The van der Waals surface area contributed by atoms with Crippen molar-refractivity contribution in [3.05, 3.63) is 0 Å². The Labute approximate surface area is 124 Å². The minimum absolute atomic E-state index is 0.102. The molecule has 1 aliphatic rings. The van der Waals surface area contributed by atoms with Gasteiger partial charge in [0.15, 0.2) is 8.68 Å². The molecule has 19 heavy (non-hydrogen) atoms. The highest BCUT2D eigenvalue weighted by Gasteiger charge is 2.35. The van der Waals surface area contributed by atoms with Gasteiger partial charge in [-0.2, -0.15) is 5.26 Å². The molecule has 0 aliphatic heterocycles. The zero-order valence-electron chi connectivity index (χ0n) is 10.5. The number of nitrogens with zero attached hydrogens (tertiary/aromatic N) is 3. The van der Waals surface area contributed by atoms with Crippen LogP contribution in [0.5, 0.6) is 0 Å². The van der Waals surface area contributed by atoms with Crippen molar-refractivity contribution in [2.24, 2.45) is 0 Å². The fourth-order valence-electron chi connectivity index (χ4n) is 2.01. The van der Waals surface area contributed by atoms with Gasteiger partial charge in [0.05, 0.1) is 11.8 Å². The summed E-state index contributed by atoms with van der Waals surface area (Å²) < 4.78 is 1.68. The number of carbonyl (C=O) groups excluding carboxylic acids is 1. The van der Waals surface area contributed by atoms with Crippen LogP contribution in [0.3, 0.4) is 0 Å². The number of thioether (sulfide) groups is 2. The van der Waals surface area contributed by atoms with Crippen LogP contribution in [0.1, 0.15) is 25.7 Å². The van der Waals surface area contributed by atoms with Gasteiger partial charge >= 0.3 is 0 Å². The number of nitriles is 1. The topological polar surface area (TPSA) is 78.7 Å². The smallest absolute Gasteiger partial charge is 0.231 e. The predicted octanol–water partition coefficient (Wildman–Crippen LogP) is 2.30. The molecule has 0 aromatic carbocycles. The lowest BCUT2D eigenvalue weighted by molar-refractivity contribution is -0.119. The summed E-state index contributed by atoms with van der Waals surface area (Å²) in [4.78, 5) is 11.9. The Kier molecular flexibility index (Phi) is 5.07. The molecule has 0 saturated heterocycles. The van der Waals surface area contributed by atoms with Gasteiger partial charge in [0, 0.05) is 0 Å². The van der Waals surface area contributed by atoms with Crippen molar-refractivity contribution in [3.8, 4) is 6.07 Å². The first-order chi connectivity index (χ1) is 9.17. The van der Waals surface area contributed by atoms with Crippen LogP contribution in [0, 0.1) is 11.3 Å². The summed E-state index contributed by atoms with van der Waals surface area (Å²) in [7, 11) is 0. The van der Waals surface area contributed by atoms with E-state index in [1.165, 1.54) is 23.1 Å². The van der Waals surface area contributed by atoms with Crippen molar-refractivity contribution in [2.75, 3.05) is 12.0 Å². The molecule has 1 aromatic rings. The van der Waals surface area contributed by atoms with Crippen molar-refractivity contribution in [1.82, 2.24) is 15.5 Å². The Balaban J connectivity index is 1.83. The highest BCUT2D eigenvalue weighted by molar-refractivity contribution is 8.03. The fraction of sp³-hybridized carbons (Fsp3) is 0.636. The lowest BCUT2D eigenvalue weighted by atomic mass is 10.0. The third kappa shape index (κ3) is 3.84. The maximum absolute atomic E-state index is 11.9. The van der Waals surface area contributed by atoms with E-state index in [0.717, 1.165) is 34.4 Å². The maximum Gasteiger partial charge on any atom is 0.231 e. The maximum atomic E-state index is 11.9. The number of aromatic nitrogens is 2. The van der Waals surface area contributed by atoms with Crippen LogP contribution in [0.25, 0.3) is 0 Å². The Hall–Kier alpha value is -0.780. The predicted molar refractivity (Wildman–Crippen MR) is 77.4 cm³/mol. The first-order valence-corrected chi connectivity index (χ1v) is 8.93. The standard InChI is InChI=1S/C11H14N4OS3/c1-17-9-14-15-10(19-9)18-6-8(16)13-11(7-12)4-2-3-5-11/h2-6H2,1H3,(H,13,16). The van der Waals surface area contributed by atoms with Crippen LogP contribution in [0.2, 0.25) is 0 Å². The molecule has 1 fully saturated rings. The molecule has 0 spiro atoms. The molecule has 2 rings (SSSR count). The zero-order chi connectivity index (χ0) is 13.7. The van der Waals surface area contributed by atoms with Crippen LogP contribution in [0.15, 0.2) is 8.68 Å². The average molecular weight is 314 g/mol. The normalized spacial score (nSPS) is 17.1. The third-order valence-corrected chi connectivity index (χ3v) is 5.97. The molecule has 5 nitrogen and oxygen atoms in total. The minimum atomic E-state index is -0.636. The van der Waals surface area contributed by atoms with Gasteiger partial charge < -0.3 is 5.32 Å². The van der Waals surface area contributed by atoms with E-state index < -0.39 is 5.54 Å². The Morgan fingerprint density at radius 2 is 2.16 bits per heavy atom. The van der Waals surface area contributed by atoms with Crippen LogP contribution in [-0.2, 0) is 4.79 Å². The molecule has 8 heteroatoms. The average Bonchev–Trinajstić information content (AvgIpc) is 3.05. The molecule has 0 bridgehead atoms. The molecule has 1 amide bonds. The number of rotatable bonds is 5. The van der Waals surface area contributed by atoms with Crippen molar-refractivity contribution in [1.29, 1.82) is 5.26 Å². The van der Waals surface area contributed by atoms with E-state index in [-0.39, 0.29) is 11.7 Å². The van der Waals surface area contributed by atoms with Gasteiger partial charge in [-0.15, -0.1) is 10.2 Å². The highest BCUT2D eigenvalue weighted by Crippen LogP contribution is 2.30. The quantitative estimate of drug-likeness (QED) is 0.840. The number of hydrogen-bond donors (Lipinski definition) is 1. The summed E-state index contributed by atoms with van der Waals surface area (Å²) in [6.07, 6.45) is 5.48. The van der Waals surface area contributed by atoms with Crippen LogP contribution in [-0.4, -0.2) is 33.7 Å². The molecule has 0 radical (unpaired) electrons. The number of amides is 1. The highest BCUT2D eigenvalue weighted by atomic mass is 32.2. The van der Waals surface area contributed by atoms with Gasteiger partial charge in [0.1, 0.15) is 5.54 Å². The molecule has 0 atom stereocenters. The Bertz CT molecular complexity index is 490. The van der Waals surface area contributed by atoms with Gasteiger partial charge in [-0.3, -0.25) is 4.79 Å². The monoisotopic (exact) mass is 314 g/mol. The van der Waals surface area contributed by atoms with E-state index in [1.807, 2.05) is 6.26 Å². The third-order valence-electron chi connectivity index (χ3n) is 2.94. The summed E-state index contributed by atoms with van der Waals surface area (Å²) >= 11 is 4.39. The summed E-state index contributed by atoms with van der Waals surface area (Å²) in [6.45, 7) is 0. The second-order valence-electron chi connectivity index (χ2n) is 4.28. The largest absolute Gasteiger partial charge is 0.337 e. The molecule has 1 aromatic heterocycles. The molecular weight excluding hydrogens is 300 g/mol. The molecule has 1 aliphatic carbocycles. The van der Waals surface area contributed by atoms with Crippen LogP contribution >= 0.6 is 34.9 Å².